The van der Waals surface area contributed by atoms with Gasteiger partial charge in [-0.15, -0.1) is 0 Å². The highest BCUT2D eigenvalue weighted by atomic mass is 35.5. The quantitative estimate of drug-likeness (QED) is 0.676. The molecule has 110 valence electrons. The van der Waals surface area contributed by atoms with E-state index in [-0.39, 0.29) is 16.5 Å². The highest BCUT2D eigenvalue weighted by molar-refractivity contribution is 6.33. The summed E-state index contributed by atoms with van der Waals surface area (Å²) in [6.07, 6.45) is 1.11. The average Bonchev–Trinajstić information content (AvgIpc) is 2.36. The second-order valence-electron chi connectivity index (χ2n) is 4.76. The fourth-order valence-electron chi connectivity index (χ4n) is 1.63. The van der Waals surface area contributed by atoms with Gasteiger partial charge in [0, 0.05) is 18.2 Å². The smallest absolute Gasteiger partial charge is 0.337 e. The number of aromatic carboxylic acids is 1. The molecule has 1 amide bonds. The predicted molar refractivity (Wildman–Crippen MR) is 79.4 cm³/mol. The third kappa shape index (κ3) is 5.59. The molecule has 0 aliphatic heterocycles. The molecule has 0 bridgehead atoms. The summed E-state index contributed by atoms with van der Waals surface area (Å²) >= 11 is 5.76. The fourth-order valence-corrected chi connectivity index (χ4v) is 1.83. The average molecular weight is 299 g/mol. The summed E-state index contributed by atoms with van der Waals surface area (Å²) in [6, 6.07) is 4.79. The Morgan fingerprint density at radius 2 is 2.05 bits per heavy atom. The largest absolute Gasteiger partial charge is 0.478 e. The summed E-state index contributed by atoms with van der Waals surface area (Å²) in [5, 5.41) is 15.0. The van der Waals surface area contributed by atoms with Crippen molar-refractivity contribution >= 4 is 29.2 Å². The number of nitrogens with one attached hydrogen (secondary N) is 2. The van der Waals surface area contributed by atoms with Crippen LogP contribution >= 0.6 is 11.6 Å². The van der Waals surface area contributed by atoms with Gasteiger partial charge < -0.3 is 15.7 Å². The van der Waals surface area contributed by atoms with Crippen LogP contribution in [0.5, 0.6) is 0 Å². The summed E-state index contributed by atoms with van der Waals surface area (Å²) in [7, 11) is 0. The normalized spacial score (nSPS) is 10.6. The number of halogens is 1. The van der Waals surface area contributed by atoms with Crippen LogP contribution in [-0.4, -0.2) is 29.6 Å². The van der Waals surface area contributed by atoms with Crippen LogP contribution in [0.4, 0.5) is 5.69 Å². The molecule has 0 unspecified atom stereocenters. The highest BCUT2D eigenvalue weighted by Gasteiger charge is 2.10. The monoisotopic (exact) mass is 298 g/mol. The van der Waals surface area contributed by atoms with Gasteiger partial charge in [-0.3, -0.25) is 4.79 Å². The van der Waals surface area contributed by atoms with Gasteiger partial charge >= 0.3 is 5.97 Å². The van der Waals surface area contributed by atoms with E-state index in [0.29, 0.717) is 18.2 Å². The molecule has 20 heavy (non-hydrogen) atoms. The van der Waals surface area contributed by atoms with Gasteiger partial charge in [0.2, 0.25) is 5.91 Å². The summed E-state index contributed by atoms with van der Waals surface area (Å²) < 4.78 is 0. The SMILES string of the molecule is CC(C)NCCCC(=O)Nc1ccc(Cl)c(C(=O)O)c1. The molecule has 3 N–H and O–H groups in total. The Bertz CT molecular complexity index is 489. The molecule has 1 aromatic rings. The Labute approximate surface area is 123 Å². The van der Waals surface area contributed by atoms with E-state index in [1.165, 1.54) is 12.1 Å². The molecule has 0 radical (unpaired) electrons. The maximum absolute atomic E-state index is 11.7. The van der Waals surface area contributed by atoms with Crippen LogP contribution in [-0.2, 0) is 4.79 Å². The van der Waals surface area contributed by atoms with E-state index < -0.39 is 5.97 Å². The number of hydrogen-bond acceptors (Lipinski definition) is 3. The lowest BCUT2D eigenvalue weighted by atomic mass is 10.2. The van der Waals surface area contributed by atoms with Crippen molar-refractivity contribution in [2.75, 3.05) is 11.9 Å². The molecular weight excluding hydrogens is 280 g/mol. The molecule has 0 spiro atoms. The zero-order valence-electron chi connectivity index (χ0n) is 11.6. The number of carboxylic acids is 1. The van der Waals surface area contributed by atoms with Crippen molar-refractivity contribution < 1.29 is 14.7 Å². The summed E-state index contributed by atoms with van der Waals surface area (Å²) in [5.74, 6) is -1.26. The minimum atomic E-state index is -1.12. The summed E-state index contributed by atoms with van der Waals surface area (Å²) in [5.41, 5.74) is 0.416. The predicted octanol–water partition coefficient (Wildman–Crippen LogP) is 2.75. The zero-order chi connectivity index (χ0) is 15.1. The Kier molecular flexibility index (Phi) is 6.48. The van der Waals surface area contributed by atoms with Crippen molar-refractivity contribution in [2.45, 2.75) is 32.7 Å². The molecule has 5 nitrogen and oxygen atoms in total. The summed E-state index contributed by atoms with van der Waals surface area (Å²) in [6.45, 7) is 4.86. The molecule has 0 aliphatic rings. The number of carboxylic acid groups (broad SMARTS) is 1. The first-order valence-corrected chi connectivity index (χ1v) is 6.84. The van der Waals surface area contributed by atoms with E-state index in [9.17, 15) is 9.59 Å². The Morgan fingerprint density at radius 1 is 1.35 bits per heavy atom. The second-order valence-corrected chi connectivity index (χ2v) is 5.17. The van der Waals surface area contributed by atoms with E-state index in [2.05, 4.69) is 10.6 Å². The molecule has 0 aliphatic carbocycles. The molecule has 1 rings (SSSR count). The topological polar surface area (TPSA) is 78.4 Å². The van der Waals surface area contributed by atoms with Gasteiger partial charge in [-0.1, -0.05) is 25.4 Å². The van der Waals surface area contributed by atoms with E-state index >= 15 is 0 Å². The van der Waals surface area contributed by atoms with E-state index in [0.717, 1.165) is 13.0 Å². The van der Waals surface area contributed by atoms with Gasteiger partial charge in [0.15, 0.2) is 0 Å². The van der Waals surface area contributed by atoms with Crippen molar-refractivity contribution in [1.29, 1.82) is 0 Å². The van der Waals surface area contributed by atoms with Crippen molar-refractivity contribution in [3.63, 3.8) is 0 Å². The van der Waals surface area contributed by atoms with Crippen LogP contribution in [0, 0.1) is 0 Å². The molecule has 6 heteroatoms. The summed E-state index contributed by atoms with van der Waals surface area (Å²) in [4.78, 5) is 22.6. The minimum Gasteiger partial charge on any atom is -0.478 e. The number of anilines is 1. The highest BCUT2D eigenvalue weighted by Crippen LogP contribution is 2.20. The van der Waals surface area contributed by atoms with Crippen LogP contribution in [0.15, 0.2) is 18.2 Å². The lowest BCUT2D eigenvalue weighted by molar-refractivity contribution is -0.116. The van der Waals surface area contributed by atoms with Gasteiger partial charge in [-0.25, -0.2) is 4.79 Å². The first-order chi connectivity index (χ1) is 9.40. The molecule has 0 saturated carbocycles. The molecule has 0 atom stereocenters. The van der Waals surface area contributed by atoms with Crippen LogP contribution in [0.1, 0.15) is 37.0 Å². The van der Waals surface area contributed by atoms with Crippen molar-refractivity contribution in [1.82, 2.24) is 5.32 Å². The van der Waals surface area contributed by atoms with Gasteiger partial charge in [0.25, 0.3) is 0 Å². The van der Waals surface area contributed by atoms with Crippen molar-refractivity contribution in [3.8, 4) is 0 Å². The number of hydrogen-bond donors (Lipinski definition) is 3. The Balaban J connectivity index is 2.50. The number of benzene rings is 1. The van der Waals surface area contributed by atoms with E-state index in [4.69, 9.17) is 16.7 Å². The van der Waals surface area contributed by atoms with E-state index in [1.807, 2.05) is 13.8 Å². The van der Waals surface area contributed by atoms with Crippen LogP contribution in [0.25, 0.3) is 0 Å². The lowest BCUT2D eigenvalue weighted by Gasteiger charge is -2.09. The van der Waals surface area contributed by atoms with Crippen LogP contribution in [0.2, 0.25) is 5.02 Å². The van der Waals surface area contributed by atoms with Gasteiger partial charge in [-0.05, 0) is 31.2 Å². The minimum absolute atomic E-state index is 0.0223. The standard InChI is InChI=1S/C14H19ClN2O3/c1-9(2)16-7-3-4-13(18)17-10-5-6-12(15)11(8-10)14(19)20/h5-6,8-9,16H,3-4,7H2,1-2H3,(H,17,18)(H,19,20). The molecule has 0 fully saturated rings. The van der Waals surface area contributed by atoms with Gasteiger partial charge in [0.05, 0.1) is 10.6 Å². The number of carbonyl (C=O) groups is 2. The molecule has 0 saturated heterocycles. The van der Waals surface area contributed by atoms with E-state index in [1.54, 1.807) is 6.07 Å². The third-order valence-corrected chi connectivity index (χ3v) is 2.94. The first kappa shape index (κ1) is 16.5. The molecule has 1 aromatic carbocycles. The Hall–Kier alpha value is -1.59. The molecule has 0 heterocycles. The van der Waals surface area contributed by atoms with Crippen molar-refractivity contribution in [2.24, 2.45) is 0 Å². The van der Waals surface area contributed by atoms with Crippen molar-refractivity contribution in [3.05, 3.63) is 28.8 Å². The molecular formula is C14H19ClN2O3. The number of rotatable bonds is 7. The number of carbonyl (C=O) groups excluding carboxylic acids is 1. The molecule has 0 aromatic heterocycles. The van der Waals surface area contributed by atoms with Gasteiger partial charge in [-0.2, -0.15) is 0 Å². The zero-order valence-corrected chi connectivity index (χ0v) is 12.3. The second kappa shape index (κ2) is 7.87. The lowest BCUT2D eigenvalue weighted by Crippen LogP contribution is -2.24. The maximum Gasteiger partial charge on any atom is 0.337 e. The maximum atomic E-state index is 11.7. The van der Waals surface area contributed by atoms with Gasteiger partial charge in [0.1, 0.15) is 0 Å². The Morgan fingerprint density at radius 3 is 2.65 bits per heavy atom. The van der Waals surface area contributed by atoms with Crippen LogP contribution in [0.3, 0.4) is 0 Å². The fraction of sp³-hybridized carbons (Fsp3) is 0.429. The number of amides is 1. The van der Waals surface area contributed by atoms with Crippen LogP contribution < -0.4 is 10.6 Å². The first-order valence-electron chi connectivity index (χ1n) is 6.46. The third-order valence-electron chi connectivity index (χ3n) is 2.61.